The van der Waals surface area contributed by atoms with Crippen LogP contribution in [0.25, 0.3) is 0 Å². The first kappa shape index (κ1) is 13.2. The highest BCUT2D eigenvalue weighted by Gasteiger charge is 2.23. The second-order valence-corrected chi connectivity index (χ2v) is 5.93. The fraction of sp³-hybridized carbons (Fsp3) is 0.250. The number of para-hydroxylation sites is 1. The van der Waals surface area contributed by atoms with Gasteiger partial charge in [0.05, 0.1) is 5.69 Å². The second kappa shape index (κ2) is 5.67. The molecule has 2 aromatic rings. The Kier molecular flexibility index (Phi) is 3.74. The van der Waals surface area contributed by atoms with Crippen LogP contribution >= 0.6 is 11.8 Å². The average molecular weight is 284 g/mol. The molecule has 0 N–H and O–H groups in total. The van der Waals surface area contributed by atoms with E-state index >= 15 is 0 Å². The van der Waals surface area contributed by atoms with Crippen LogP contribution in [-0.2, 0) is 0 Å². The summed E-state index contributed by atoms with van der Waals surface area (Å²) in [5.41, 5.74) is 2.39. The molecular formula is C16H16N2OS. The first-order valence-electron chi connectivity index (χ1n) is 6.73. The second-order valence-electron chi connectivity index (χ2n) is 4.79. The summed E-state index contributed by atoms with van der Waals surface area (Å²) in [4.78, 5) is 20.1. The van der Waals surface area contributed by atoms with E-state index in [0.29, 0.717) is 5.69 Å². The minimum atomic E-state index is -0.0105. The zero-order chi connectivity index (χ0) is 13.9. The van der Waals surface area contributed by atoms with Crippen molar-refractivity contribution in [2.45, 2.75) is 18.2 Å². The van der Waals surface area contributed by atoms with Crippen molar-refractivity contribution < 1.29 is 4.79 Å². The van der Waals surface area contributed by atoms with Gasteiger partial charge in [0.25, 0.3) is 5.91 Å². The molecule has 0 bridgehead atoms. The van der Waals surface area contributed by atoms with E-state index < -0.39 is 0 Å². The van der Waals surface area contributed by atoms with Gasteiger partial charge in [-0.2, -0.15) is 0 Å². The molecule has 2 heterocycles. The molecule has 0 fully saturated rings. The van der Waals surface area contributed by atoms with Crippen molar-refractivity contribution >= 4 is 23.4 Å². The maximum absolute atomic E-state index is 12.7. The first-order valence-corrected chi connectivity index (χ1v) is 7.71. The van der Waals surface area contributed by atoms with Crippen LogP contribution in [-0.4, -0.2) is 23.2 Å². The number of benzene rings is 1. The van der Waals surface area contributed by atoms with Crippen LogP contribution in [0.5, 0.6) is 0 Å². The average Bonchev–Trinajstić information content (AvgIpc) is 2.69. The van der Waals surface area contributed by atoms with Crippen molar-refractivity contribution in [1.29, 1.82) is 0 Å². The quantitative estimate of drug-likeness (QED) is 0.803. The zero-order valence-electron chi connectivity index (χ0n) is 11.4. The number of carbonyl (C=O) groups is 1. The summed E-state index contributed by atoms with van der Waals surface area (Å²) in [5, 5.41) is 0. The van der Waals surface area contributed by atoms with Gasteiger partial charge in [0.1, 0.15) is 5.69 Å². The minimum Gasteiger partial charge on any atom is -0.306 e. The number of amides is 1. The molecular weight excluding hydrogens is 268 g/mol. The summed E-state index contributed by atoms with van der Waals surface area (Å²) < 4.78 is 0. The fourth-order valence-electron chi connectivity index (χ4n) is 2.34. The summed E-state index contributed by atoms with van der Waals surface area (Å²) in [6.07, 6.45) is 0.997. The Bertz CT molecular complexity index is 642. The molecule has 1 aliphatic heterocycles. The van der Waals surface area contributed by atoms with Gasteiger partial charge in [-0.25, -0.2) is 4.98 Å². The number of carbonyl (C=O) groups excluding carboxylic acids is 1. The van der Waals surface area contributed by atoms with Crippen LogP contribution in [0.3, 0.4) is 0 Å². The molecule has 0 saturated carbocycles. The molecule has 1 aromatic carbocycles. The van der Waals surface area contributed by atoms with Crippen LogP contribution in [0, 0.1) is 6.92 Å². The minimum absolute atomic E-state index is 0.0105. The Balaban J connectivity index is 1.99. The number of rotatable bonds is 1. The molecule has 0 radical (unpaired) electrons. The van der Waals surface area contributed by atoms with Gasteiger partial charge in [-0.05, 0) is 43.4 Å². The summed E-state index contributed by atoms with van der Waals surface area (Å²) >= 11 is 1.81. The molecule has 102 valence electrons. The number of nitrogens with zero attached hydrogens (tertiary/aromatic N) is 2. The van der Waals surface area contributed by atoms with E-state index in [0.717, 1.165) is 30.1 Å². The number of fused-ring (bicyclic) bond motifs is 1. The van der Waals surface area contributed by atoms with Gasteiger partial charge in [0, 0.05) is 17.1 Å². The SMILES string of the molecule is Cc1cccc(C(=O)N2CCCSc3ccccc32)n1. The highest BCUT2D eigenvalue weighted by Crippen LogP contribution is 2.34. The van der Waals surface area contributed by atoms with E-state index in [4.69, 9.17) is 0 Å². The largest absolute Gasteiger partial charge is 0.306 e. The molecule has 1 amide bonds. The maximum Gasteiger partial charge on any atom is 0.276 e. The van der Waals surface area contributed by atoms with Gasteiger partial charge in [-0.15, -0.1) is 11.8 Å². The smallest absolute Gasteiger partial charge is 0.276 e. The Morgan fingerprint density at radius 2 is 2.05 bits per heavy atom. The Hall–Kier alpha value is -1.81. The third-order valence-corrected chi connectivity index (χ3v) is 4.44. The lowest BCUT2D eigenvalue weighted by atomic mass is 10.2. The van der Waals surface area contributed by atoms with E-state index in [1.54, 1.807) is 6.07 Å². The van der Waals surface area contributed by atoms with Crippen molar-refractivity contribution in [3.63, 3.8) is 0 Å². The predicted octanol–water partition coefficient (Wildman–Crippen LogP) is 3.53. The van der Waals surface area contributed by atoms with Crippen LogP contribution in [0.1, 0.15) is 22.6 Å². The molecule has 0 saturated heterocycles. The molecule has 0 unspecified atom stereocenters. The van der Waals surface area contributed by atoms with Gasteiger partial charge >= 0.3 is 0 Å². The lowest BCUT2D eigenvalue weighted by molar-refractivity contribution is 0.0981. The van der Waals surface area contributed by atoms with E-state index in [9.17, 15) is 4.79 Å². The molecule has 4 heteroatoms. The lowest BCUT2D eigenvalue weighted by Gasteiger charge is -2.22. The highest BCUT2D eigenvalue weighted by atomic mass is 32.2. The van der Waals surface area contributed by atoms with Crippen LogP contribution in [0.15, 0.2) is 47.4 Å². The van der Waals surface area contributed by atoms with E-state index in [2.05, 4.69) is 11.1 Å². The Morgan fingerprint density at radius 3 is 2.90 bits per heavy atom. The molecule has 3 nitrogen and oxygen atoms in total. The third kappa shape index (κ3) is 2.56. The number of aryl methyl sites for hydroxylation is 1. The zero-order valence-corrected chi connectivity index (χ0v) is 12.2. The summed E-state index contributed by atoms with van der Waals surface area (Å²) in [5.74, 6) is 1.03. The fourth-order valence-corrected chi connectivity index (χ4v) is 3.33. The number of hydrogen-bond donors (Lipinski definition) is 0. The van der Waals surface area contributed by atoms with Crippen LogP contribution < -0.4 is 4.90 Å². The number of thioether (sulfide) groups is 1. The normalized spacial score (nSPS) is 14.6. The van der Waals surface area contributed by atoms with Crippen molar-refractivity contribution in [3.8, 4) is 0 Å². The lowest BCUT2D eigenvalue weighted by Crippen LogP contribution is -2.32. The van der Waals surface area contributed by atoms with Crippen LogP contribution in [0.4, 0.5) is 5.69 Å². The molecule has 3 rings (SSSR count). The molecule has 0 atom stereocenters. The van der Waals surface area contributed by atoms with Gasteiger partial charge in [0.15, 0.2) is 0 Å². The number of pyridine rings is 1. The Morgan fingerprint density at radius 1 is 1.20 bits per heavy atom. The van der Waals surface area contributed by atoms with Gasteiger partial charge in [0.2, 0.25) is 0 Å². The highest BCUT2D eigenvalue weighted by molar-refractivity contribution is 7.99. The van der Waals surface area contributed by atoms with Crippen molar-refractivity contribution in [3.05, 3.63) is 53.9 Å². The summed E-state index contributed by atoms with van der Waals surface area (Å²) in [6.45, 7) is 2.65. The number of anilines is 1. The van der Waals surface area contributed by atoms with E-state index in [1.807, 2.05) is 53.9 Å². The molecule has 1 aliphatic rings. The van der Waals surface area contributed by atoms with Crippen molar-refractivity contribution in [2.75, 3.05) is 17.2 Å². The third-order valence-electron chi connectivity index (χ3n) is 3.29. The molecule has 0 aliphatic carbocycles. The topological polar surface area (TPSA) is 33.2 Å². The monoisotopic (exact) mass is 284 g/mol. The van der Waals surface area contributed by atoms with Crippen molar-refractivity contribution in [2.24, 2.45) is 0 Å². The van der Waals surface area contributed by atoms with Crippen molar-refractivity contribution in [1.82, 2.24) is 4.98 Å². The maximum atomic E-state index is 12.7. The van der Waals surface area contributed by atoms with Gasteiger partial charge in [-0.1, -0.05) is 18.2 Å². The summed E-state index contributed by atoms with van der Waals surface area (Å²) in [7, 11) is 0. The van der Waals surface area contributed by atoms with E-state index in [1.165, 1.54) is 4.90 Å². The predicted molar refractivity (Wildman–Crippen MR) is 82.4 cm³/mol. The summed E-state index contributed by atoms with van der Waals surface area (Å²) in [6, 6.07) is 13.7. The first-order chi connectivity index (χ1) is 9.75. The number of aromatic nitrogens is 1. The molecule has 20 heavy (non-hydrogen) atoms. The molecule has 1 aromatic heterocycles. The van der Waals surface area contributed by atoms with Crippen LogP contribution in [0.2, 0.25) is 0 Å². The van der Waals surface area contributed by atoms with Gasteiger partial charge < -0.3 is 4.90 Å². The standard InChI is InChI=1S/C16H16N2OS/c1-12-6-4-7-13(17-12)16(19)18-10-5-11-20-15-9-3-2-8-14(15)18/h2-4,6-9H,5,10-11H2,1H3. The molecule has 0 spiro atoms. The number of hydrogen-bond acceptors (Lipinski definition) is 3. The van der Waals surface area contributed by atoms with Gasteiger partial charge in [-0.3, -0.25) is 4.79 Å². The Labute approximate surface area is 123 Å². The van der Waals surface area contributed by atoms with E-state index in [-0.39, 0.29) is 5.91 Å².